The number of aliphatic carboxylic acids is 1. The van der Waals surface area contributed by atoms with Gasteiger partial charge in [0, 0.05) is 12.1 Å². The van der Waals surface area contributed by atoms with Crippen LogP contribution < -0.4 is 5.43 Å². The predicted octanol–water partition coefficient (Wildman–Crippen LogP) is 1.86. The van der Waals surface area contributed by atoms with E-state index in [9.17, 15) is 4.79 Å². The number of hydrogen-bond donors (Lipinski definition) is 2. The van der Waals surface area contributed by atoms with Gasteiger partial charge in [-0.1, -0.05) is 20.3 Å². The minimum absolute atomic E-state index is 0.0961. The van der Waals surface area contributed by atoms with E-state index in [1.165, 1.54) is 6.42 Å². The number of hydrogen-bond acceptors (Lipinski definition) is 3. The second-order valence-corrected chi connectivity index (χ2v) is 5.23. The number of carbonyl (C=O) groups is 1. The maximum atomic E-state index is 11.1. The van der Waals surface area contributed by atoms with E-state index in [0.29, 0.717) is 12.1 Å². The molecule has 3 atom stereocenters. The van der Waals surface area contributed by atoms with E-state index in [-0.39, 0.29) is 5.92 Å². The number of nitrogens with zero attached hydrogens (tertiary/aromatic N) is 1. The molecule has 1 heterocycles. The molecule has 16 heavy (non-hydrogen) atoms. The topological polar surface area (TPSA) is 52.6 Å². The molecule has 1 aliphatic rings. The summed E-state index contributed by atoms with van der Waals surface area (Å²) in [6.45, 7) is 8.18. The van der Waals surface area contributed by atoms with Crippen molar-refractivity contribution in [2.45, 2.75) is 65.1 Å². The molecular weight excluding hydrogens is 204 g/mol. The lowest BCUT2D eigenvalue weighted by molar-refractivity contribution is -0.143. The van der Waals surface area contributed by atoms with E-state index in [1.807, 2.05) is 13.8 Å². The highest BCUT2D eigenvalue weighted by Gasteiger charge is 2.30. The van der Waals surface area contributed by atoms with Gasteiger partial charge in [-0.3, -0.25) is 4.79 Å². The summed E-state index contributed by atoms with van der Waals surface area (Å²) in [5, 5.41) is 11.3. The first-order valence-electron chi connectivity index (χ1n) is 6.20. The van der Waals surface area contributed by atoms with Crippen molar-refractivity contribution in [1.29, 1.82) is 0 Å². The van der Waals surface area contributed by atoms with Crippen LogP contribution in [0.1, 0.15) is 47.0 Å². The van der Waals surface area contributed by atoms with Crippen molar-refractivity contribution in [2.75, 3.05) is 0 Å². The molecule has 0 bridgehead atoms. The van der Waals surface area contributed by atoms with Gasteiger partial charge in [0.2, 0.25) is 0 Å². The summed E-state index contributed by atoms with van der Waals surface area (Å²) in [4.78, 5) is 11.1. The molecule has 2 N–H and O–H groups in total. The molecule has 1 fully saturated rings. The molecule has 4 heteroatoms. The van der Waals surface area contributed by atoms with E-state index >= 15 is 0 Å². The molecule has 0 aromatic rings. The number of carboxylic acids is 1. The van der Waals surface area contributed by atoms with Crippen LogP contribution in [0.4, 0.5) is 0 Å². The molecule has 0 spiro atoms. The zero-order valence-electron chi connectivity index (χ0n) is 10.7. The van der Waals surface area contributed by atoms with Gasteiger partial charge in [-0.05, 0) is 32.6 Å². The van der Waals surface area contributed by atoms with Crippen molar-refractivity contribution in [2.24, 2.45) is 5.92 Å². The van der Waals surface area contributed by atoms with Crippen LogP contribution in [0.2, 0.25) is 0 Å². The van der Waals surface area contributed by atoms with Crippen molar-refractivity contribution in [3.8, 4) is 0 Å². The fourth-order valence-corrected chi connectivity index (χ4v) is 2.33. The molecule has 4 nitrogen and oxygen atoms in total. The Bertz CT molecular complexity index is 233. The van der Waals surface area contributed by atoms with Crippen LogP contribution in [-0.2, 0) is 4.79 Å². The highest BCUT2D eigenvalue weighted by Crippen LogP contribution is 2.21. The lowest BCUT2D eigenvalue weighted by atomic mass is 9.99. The maximum Gasteiger partial charge on any atom is 0.322 e. The predicted molar refractivity (Wildman–Crippen MR) is 64.0 cm³/mol. The Kier molecular flexibility index (Phi) is 4.74. The normalized spacial score (nSPS) is 29.3. The van der Waals surface area contributed by atoms with E-state index in [0.717, 1.165) is 12.8 Å². The van der Waals surface area contributed by atoms with Gasteiger partial charge in [0.15, 0.2) is 0 Å². The Labute approximate surface area is 98.0 Å². The molecule has 0 saturated carbocycles. The third-order valence-corrected chi connectivity index (χ3v) is 3.41. The van der Waals surface area contributed by atoms with E-state index < -0.39 is 12.0 Å². The smallest absolute Gasteiger partial charge is 0.322 e. The average molecular weight is 228 g/mol. The molecule has 94 valence electrons. The van der Waals surface area contributed by atoms with Gasteiger partial charge in [0.25, 0.3) is 0 Å². The Balaban J connectivity index is 2.65. The third-order valence-electron chi connectivity index (χ3n) is 3.41. The summed E-state index contributed by atoms with van der Waals surface area (Å²) in [7, 11) is 0. The number of hydrazine groups is 1. The van der Waals surface area contributed by atoms with Crippen LogP contribution in [-0.4, -0.2) is 34.2 Å². The van der Waals surface area contributed by atoms with Crippen LogP contribution in [0.3, 0.4) is 0 Å². The summed E-state index contributed by atoms with van der Waals surface area (Å²) in [5.74, 6) is -0.668. The first-order valence-corrected chi connectivity index (χ1v) is 6.20. The molecule has 3 unspecified atom stereocenters. The van der Waals surface area contributed by atoms with Gasteiger partial charge in [0.05, 0.1) is 0 Å². The molecule has 0 amide bonds. The highest BCUT2D eigenvalue weighted by molar-refractivity contribution is 5.73. The first-order chi connectivity index (χ1) is 7.43. The summed E-state index contributed by atoms with van der Waals surface area (Å²) in [6, 6.07) is 0.358. The molecular formula is C12H24N2O2. The van der Waals surface area contributed by atoms with Gasteiger partial charge in [-0.2, -0.15) is 0 Å². The molecule has 1 saturated heterocycles. The van der Waals surface area contributed by atoms with Gasteiger partial charge in [-0.25, -0.2) is 10.4 Å². The SMILES string of the molecule is CC(C)C(NN1C(C)CCCC1C)C(=O)O. The quantitative estimate of drug-likeness (QED) is 0.771. The van der Waals surface area contributed by atoms with Gasteiger partial charge >= 0.3 is 5.97 Å². The molecule has 0 aromatic carbocycles. The Morgan fingerprint density at radius 3 is 2.19 bits per heavy atom. The van der Waals surface area contributed by atoms with E-state index in [4.69, 9.17) is 5.11 Å². The van der Waals surface area contributed by atoms with Crippen LogP contribution >= 0.6 is 0 Å². The van der Waals surface area contributed by atoms with Crippen LogP contribution in [0.15, 0.2) is 0 Å². The fraction of sp³-hybridized carbons (Fsp3) is 0.917. The minimum Gasteiger partial charge on any atom is -0.480 e. The molecule has 0 radical (unpaired) electrons. The van der Waals surface area contributed by atoms with E-state index in [2.05, 4.69) is 24.3 Å². The molecule has 0 aromatic heterocycles. The standard InChI is InChI=1S/C12H24N2O2/c1-8(2)11(12(15)16)13-14-9(3)6-5-7-10(14)4/h8-11,13H,5-7H2,1-4H3,(H,15,16). The largest absolute Gasteiger partial charge is 0.480 e. The van der Waals surface area contributed by atoms with Crippen molar-refractivity contribution in [1.82, 2.24) is 10.4 Å². The van der Waals surface area contributed by atoms with Gasteiger partial charge in [0.1, 0.15) is 6.04 Å². The Morgan fingerprint density at radius 2 is 1.81 bits per heavy atom. The molecule has 1 rings (SSSR count). The number of nitrogens with one attached hydrogen (secondary N) is 1. The summed E-state index contributed by atoms with van der Waals surface area (Å²) in [5.41, 5.74) is 3.19. The Morgan fingerprint density at radius 1 is 1.31 bits per heavy atom. The van der Waals surface area contributed by atoms with Gasteiger partial charge < -0.3 is 5.11 Å². The zero-order chi connectivity index (χ0) is 12.3. The molecule has 0 aliphatic carbocycles. The van der Waals surface area contributed by atoms with Gasteiger partial charge in [-0.15, -0.1) is 0 Å². The second-order valence-electron chi connectivity index (χ2n) is 5.23. The minimum atomic E-state index is -0.764. The van der Waals surface area contributed by atoms with Crippen LogP contribution in [0.5, 0.6) is 0 Å². The number of rotatable bonds is 4. The zero-order valence-corrected chi connectivity index (χ0v) is 10.7. The average Bonchev–Trinajstić information content (AvgIpc) is 2.15. The molecule has 1 aliphatic heterocycles. The lowest BCUT2D eigenvalue weighted by Crippen LogP contribution is -2.58. The summed E-state index contributed by atoms with van der Waals surface area (Å²) < 4.78 is 0. The summed E-state index contributed by atoms with van der Waals surface area (Å²) >= 11 is 0. The highest BCUT2D eigenvalue weighted by atomic mass is 16.4. The first kappa shape index (κ1) is 13.5. The monoisotopic (exact) mass is 228 g/mol. The summed E-state index contributed by atoms with van der Waals surface area (Å²) in [6.07, 6.45) is 3.52. The Hall–Kier alpha value is -0.610. The van der Waals surface area contributed by atoms with Crippen LogP contribution in [0.25, 0.3) is 0 Å². The van der Waals surface area contributed by atoms with Crippen LogP contribution in [0, 0.1) is 5.92 Å². The van der Waals surface area contributed by atoms with Crippen molar-refractivity contribution >= 4 is 5.97 Å². The second kappa shape index (κ2) is 5.64. The fourth-order valence-electron chi connectivity index (χ4n) is 2.33. The van der Waals surface area contributed by atoms with Crippen molar-refractivity contribution < 1.29 is 9.90 Å². The maximum absolute atomic E-state index is 11.1. The third kappa shape index (κ3) is 3.19. The van der Waals surface area contributed by atoms with E-state index in [1.54, 1.807) is 0 Å². The number of piperidine rings is 1. The lowest BCUT2D eigenvalue weighted by Gasteiger charge is -2.41. The van der Waals surface area contributed by atoms with Crippen molar-refractivity contribution in [3.05, 3.63) is 0 Å². The number of carboxylic acid groups (broad SMARTS) is 1. The van der Waals surface area contributed by atoms with Crippen molar-refractivity contribution in [3.63, 3.8) is 0 Å².